The third-order valence-electron chi connectivity index (χ3n) is 5.14. The van der Waals surface area contributed by atoms with E-state index in [9.17, 15) is 9.59 Å². The Morgan fingerprint density at radius 2 is 1.96 bits per heavy atom. The van der Waals surface area contributed by atoms with Crippen LogP contribution >= 0.6 is 0 Å². The van der Waals surface area contributed by atoms with Crippen molar-refractivity contribution in [3.63, 3.8) is 0 Å². The van der Waals surface area contributed by atoms with Gasteiger partial charge in [0.25, 0.3) is 5.91 Å². The molecule has 1 aliphatic carbocycles. The summed E-state index contributed by atoms with van der Waals surface area (Å²) in [4.78, 5) is 28.6. The number of rotatable bonds is 4. The van der Waals surface area contributed by atoms with E-state index in [2.05, 4.69) is 0 Å². The minimum Gasteiger partial charge on any atom is -0.479 e. The molecular formula is C19H26N2O3. The predicted octanol–water partition coefficient (Wildman–Crippen LogP) is 2.98. The van der Waals surface area contributed by atoms with Crippen LogP contribution in [0.15, 0.2) is 24.3 Å². The van der Waals surface area contributed by atoms with Crippen LogP contribution in [0.2, 0.25) is 0 Å². The number of benzene rings is 1. The van der Waals surface area contributed by atoms with Crippen LogP contribution < -0.4 is 9.64 Å². The summed E-state index contributed by atoms with van der Waals surface area (Å²) in [5, 5.41) is 0. The lowest BCUT2D eigenvalue weighted by Gasteiger charge is -2.34. The van der Waals surface area contributed by atoms with Crippen molar-refractivity contribution in [2.45, 2.75) is 57.6 Å². The maximum absolute atomic E-state index is 12.5. The predicted molar refractivity (Wildman–Crippen MR) is 93.1 cm³/mol. The molecule has 130 valence electrons. The number of ether oxygens (including phenoxy) is 1. The van der Waals surface area contributed by atoms with Crippen LogP contribution in [0.1, 0.15) is 45.4 Å². The summed E-state index contributed by atoms with van der Waals surface area (Å²) in [7, 11) is 1.90. The highest BCUT2D eigenvalue weighted by Gasteiger charge is 2.32. The van der Waals surface area contributed by atoms with Crippen LogP contribution in [-0.2, 0) is 9.59 Å². The third-order valence-corrected chi connectivity index (χ3v) is 5.14. The fourth-order valence-corrected chi connectivity index (χ4v) is 3.65. The van der Waals surface area contributed by atoms with Gasteiger partial charge in [-0.15, -0.1) is 0 Å². The van der Waals surface area contributed by atoms with Crippen molar-refractivity contribution in [3.05, 3.63) is 24.3 Å². The van der Waals surface area contributed by atoms with E-state index in [0.29, 0.717) is 24.8 Å². The average Bonchev–Trinajstić information content (AvgIpc) is 2.62. The Balaban J connectivity index is 1.65. The van der Waals surface area contributed by atoms with Crippen molar-refractivity contribution in [1.29, 1.82) is 0 Å². The van der Waals surface area contributed by atoms with Gasteiger partial charge in [-0.3, -0.25) is 9.59 Å². The standard InChI is InChI=1S/C19H26N2O3/c1-14-19(23)21(16-10-6-7-11-17(16)24-14)13-12-18(22)20(2)15-8-4-3-5-9-15/h6-7,10-11,14-15H,3-5,8-9,12-13H2,1-2H3. The quantitative estimate of drug-likeness (QED) is 0.853. The van der Waals surface area contributed by atoms with Gasteiger partial charge in [0.2, 0.25) is 5.91 Å². The van der Waals surface area contributed by atoms with Crippen LogP contribution in [0.4, 0.5) is 5.69 Å². The molecule has 1 unspecified atom stereocenters. The number of amides is 2. The first-order valence-electron chi connectivity index (χ1n) is 8.90. The number of nitrogens with zero attached hydrogens (tertiary/aromatic N) is 2. The fourth-order valence-electron chi connectivity index (χ4n) is 3.65. The number of hydrogen-bond acceptors (Lipinski definition) is 3. The van der Waals surface area contributed by atoms with Crippen molar-refractivity contribution in [3.8, 4) is 5.75 Å². The van der Waals surface area contributed by atoms with Gasteiger partial charge < -0.3 is 14.5 Å². The molecule has 2 amide bonds. The molecule has 0 saturated heterocycles. The van der Waals surface area contributed by atoms with E-state index in [-0.39, 0.29) is 11.8 Å². The van der Waals surface area contributed by atoms with Gasteiger partial charge in [0.05, 0.1) is 5.69 Å². The Morgan fingerprint density at radius 3 is 2.71 bits per heavy atom. The minimum absolute atomic E-state index is 0.0816. The van der Waals surface area contributed by atoms with Gasteiger partial charge in [-0.2, -0.15) is 0 Å². The highest BCUT2D eigenvalue weighted by Crippen LogP contribution is 2.33. The lowest BCUT2D eigenvalue weighted by atomic mass is 9.94. The lowest BCUT2D eigenvalue weighted by Crippen LogP contribution is -2.46. The first kappa shape index (κ1) is 16.8. The van der Waals surface area contributed by atoms with E-state index in [1.54, 1.807) is 11.8 Å². The summed E-state index contributed by atoms with van der Waals surface area (Å²) < 4.78 is 5.64. The molecule has 3 rings (SSSR count). The Kier molecular flexibility index (Phi) is 5.07. The first-order valence-corrected chi connectivity index (χ1v) is 8.90. The van der Waals surface area contributed by atoms with Crippen molar-refractivity contribution < 1.29 is 14.3 Å². The zero-order valence-corrected chi connectivity index (χ0v) is 14.5. The fraction of sp³-hybridized carbons (Fsp3) is 0.579. The van der Waals surface area contributed by atoms with Gasteiger partial charge in [-0.25, -0.2) is 0 Å². The minimum atomic E-state index is -0.508. The molecule has 0 radical (unpaired) electrons. The van der Waals surface area contributed by atoms with Gasteiger partial charge in [-0.1, -0.05) is 31.4 Å². The maximum Gasteiger partial charge on any atom is 0.267 e. The summed E-state index contributed by atoms with van der Waals surface area (Å²) in [6.07, 6.45) is 5.71. The van der Waals surface area contributed by atoms with E-state index in [4.69, 9.17) is 4.74 Å². The molecule has 0 aromatic heterocycles. The molecule has 0 bridgehead atoms. The number of carbonyl (C=O) groups is 2. The van der Waals surface area contributed by atoms with Crippen LogP contribution in [-0.4, -0.2) is 42.5 Å². The molecule has 1 saturated carbocycles. The molecule has 1 heterocycles. The van der Waals surface area contributed by atoms with Crippen LogP contribution in [0.5, 0.6) is 5.75 Å². The van der Waals surface area contributed by atoms with E-state index in [1.165, 1.54) is 19.3 Å². The van der Waals surface area contributed by atoms with E-state index in [0.717, 1.165) is 18.5 Å². The second-order valence-corrected chi connectivity index (χ2v) is 6.76. The molecular weight excluding hydrogens is 304 g/mol. The molecule has 1 atom stereocenters. The second kappa shape index (κ2) is 7.24. The molecule has 2 aliphatic rings. The average molecular weight is 330 g/mol. The van der Waals surface area contributed by atoms with Crippen molar-refractivity contribution >= 4 is 17.5 Å². The maximum atomic E-state index is 12.5. The van der Waals surface area contributed by atoms with Gasteiger partial charge >= 0.3 is 0 Å². The van der Waals surface area contributed by atoms with Crippen LogP contribution in [0.25, 0.3) is 0 Å². The number of carbonyl (C=O) groups excluding carboxylic acids is 2. The molecule has 0 N–H and O–H groups in total. The van der Waals surface area contributed by atoms with Gasteiger partial charge in [0, 0.05) is 26.1 Å². The summed E-state index contributed by atoms with van der Waals surface area (Å²) in [6.45, 7) is 2.15. The van der Waals surface area contributed by atoms with E-state index in [1.807, 2.05) is 36.2 Å². The zero-order chi connectivity index (χ0) is 17.1. The van der Waals surface area contributed by atoms with E-state index < -0.39 is 6.10 Å². The monoisotopic (exact) mass is 330 g/mol. The lowest BCUT2D eigenvalue weighted by molar-refractivity contribution is -0.132. The highest BCUT2D eigenvalue weighted by molar-refractivity contribution is 6.00. The SMILES string of the molecule is CC1Oc2ccccc2N(CCC(=O)N(C)C2CCCCC2)C1=O. The van der Waals surface area contributed by atoms with Gasteiger partial charge in [0.15, 0.2) is 6.10 Å². The molecule has 1 aliphatic heterocycles. The summed E-state index contributed by atoms with van der Waals surface area (Å²) in [5.41, 5.74) is 0.758. The highest BCUT2D eigenvalue weighted by atomic mass is 16.5. The Labute approximate surface area is 143 Å². The van der Waals surface area contributed by atoms with Crippen molar-refractivity contribution in [1.82, 2.24) is 4.90 Å². The second-order valence-electron chi connectivity index (χ2n) is 6.76. The van der Waals surface area contributed by atoms with Crippen molar-refractivity contribution in [2.75, 3.05) is 18.5 Å². The number of hydrogen-bond donors (Lipinski definition) is 0. The smallest absolute Gasteiger partial charge is 0.267 e. The van der Waals surface area contributed by atoms with Crippen molar-refractivity contribution in [2.24, 2.45) is 0 Å². The Hall–Kier alpha value is -2.04. The molecule has 1 aromatic carbocycles. The Bertz CT molecular complexity index is 610. The summed E-state index contributed by atoms with van der Waals surface area (Å²) in [6, 6.07) is 7.86. The number of anilines is 1. The number of fused-ring (bicyclic) bond motifs is 1. The van der Waals surface area contributed by atoms with E-state index >= 15 is 0 Å². The normalized spacial score (nSPS) is 21.2. The summed E-state index contributed by atoms with van der Waals surface area (Å²) >= 11 is 0. The topological polar surface area (TPSA) is 49.9 Å². The number of para-hydroxylation sites is 2. The van der Waals surface area contributed by atoms with Gasteiger partial charge in [-0.05, 0) is 31.9 Å². The molecule has 5 heteroatoms. The third kappa shape index (κ3) is 3.40. The molecule has 5 nitrogen and oxygen atoms in total. The molecule has 0 spiro atoms. The molecule has 1 fully saturated rings. The first-order chi connectivity index (χ1) is 11.6. The molecule has 24 heavy (non-hydrogen) atoms. The van der Waals surface area contributed by atoms with Crippen LogP contribution in [0.3, 0.4) is 0 Å². The Morgan fingerprint density at radius 1 is 1.25 bits per heavy atom. The largest absolute Gasteiger partial charge is 0.479 e. The summed E-state index contributed by atoms with van der Waals surface area (Å²) in [5.74, 6) is 0.742. The van der Waals surface area contributed by atoms with Crippen LogP contribution in [0, 0.1) is 0 Å². The molecule has 1 aromatic rings. The van der Waals surface area contributed by atoms with Gasteiger partial charge in [0.1, 0.15) is 5.75 Å². The zero-order valence-electron chi connectivity index (χ0n) is 14.5.